The highest BCUT2D eigenvalue weighted by atomic mass is 16.5. The Morgan fingerprint density at radius 2 is 2.08 bits per heavy atom. The Kier molecular flexibility index (Phi) is 6.27. The molecule has 1 aromatic carbocycles. The number of nitrogens with zero attached hydrogens (tertiary/aromatic N) is 4. The molecule has 0 bridgehead atoms. The minimum Gasteiger partial charge on any atom is -0.491 e. The summed E-state index contributed by atoms with van der Waals surface area (Å²) >= 11 is 0. The number of nitrogen functional groups attached to an aromatic ring is 1. The van der Waals surface area contributed by atoms with E-state index in [4.69, 9.17) is 20.9 Å². The third kappa shape index (κ3) is 4.41. The number of nitrogens with two attached hydrogens (primary N) is 2. The predicted octanol–water partition coefficient (Wildman–Crippen LogP) is 3.14. The predicted molar refractivity (Wildman–Crippen MR) is 137 cm³/mol. The van der Waals surface area contributed by atoms with E-state index in [1.54, 1.807) is 0 Å². The zero-order valence-electron chi connectivity index (χ0n) is 20.5. The maximum atomic E-state index is 11.8. The van der Waals surface area contributed by atoms with Crippen LogP contribution in [0.1, 0.15) is 44.6 Å². The van der Waals surface area contributed by atoms with Crippen LogP contribution in [-0.4, -0.2) is 63.8 Å². The molecule has 1 aliphatic carbocycles. The lowest BCUT2D eigenvalue weighted by molar-refractivity contribution is -0.122. The summed E-state index contributed by atoms with van der Waals surface area (Å²) in [4.78, 5) is 22.9. The van der Waals surface area contributed by atoms with Gasteiger partial charge in [-0.1, -0.05) is 12.1 Å². The number of amides is 1. The minimum absolute atomic E-state index is 0.106. The Hall–Kier alpha value is -3.17. The molecule has 2 saturated heterocycles. The van der Waals surface area contributed by atoms with E-state index in [2.05, 4.69) is 37.8 Å². The fourth-order valence-electron chi connectivity index (χ4n) is 6.10. The highest BCUT2D eigenvalue weighted by Gasteiger charge is 2.37. The number of hydrogen-bond acceptors (Lipinski definition) is 7. The van der Waals surface area contributed by atoms with Crippen LogP contribution in [0.3, 0.4) is 0 Å². The van der Waals surface area contributed by atoms with Gasteiger partial charge in [0, 0.05) is 31.0 Å². The lowest BCUT2D eigenvalue weighted by Crippen LogP contribution is -2.44. The number of aromatic nitrogens is 3. The molecule has 0 spiro atoms. The Balaban J connectivity index is 1.21. The highest BCUT2D eigenvalue weighted by molar-refractivity contribution is 6.00. The van der Waals surface area contributed by atoms with Crippen LogP contribution in [0.15, 0.2) is 36.8 Å². The van der Waals surface area contributed by atoms with E-state index in [1.807, 2.05) is 12.1 Å². The van der Waals surface area contributed by atoms with Gasteiger partial charge in [-0.3, -0.25) is 9.69 Å². The van der Waals surface area contributed by atoms with Gasteiger partial charge in [-0.25, -0.2) is 9.97 Å². The van der Waals surface area contributed by atoms with Crippen LogP contribution in [-0.2, 0) is 9.53 Å². The Morgan fingerprint density at radius 1 is 1.19 bits per heavy atom. The number of carbonyl (C=O) groups is 1. The van der Waals surface area contributed by atoms with Gasteiger partial charge in [-0.2, -0.15) is 0 Å². The van der Waals surface area contributed by atoms with Crippen molar-refractivity contribution in [3.05, 3.63) is 36.8 Å². The van der Waals surface area contributed by atoms with Gasteiger partial charge < -0.3 is 25.5 Å². The molecule has 4 heterocycles. The van der Waals surface area contributed by atoms with Crippen molar-refractivity contribution in [3.8, 4) is 16.9 Å². The van der Waals surface area contributed by atoms with E-state index >= 15 is 0 Å². The minimum atomic E-state index is -0.196. The third-order valence-electron chi connectivity index (χ3n) is 8.03. The highest BCUT2D eigenvalue weighted by Crippen LogP contribution is 2.44. The Labute approximate surface area is 210 Å². The largest absolute Gasteiger partial charge is 0.491 e. The van der Waals surface area contributed by atoms with Crippen LogP contribution >= 0.6 is 0 Å². The molecular formula is C27H34N6O3. The van der Waals surface area contributed by atoms with Crippen molar-refractivity contribution in [2.75, 3.05) is 32.0 Å². The number of fused-ring (bicyclic) bond motifs is 1. The molecule has 2 aliphatic heterocycles. The summed E-state index contributed by atoms with van der Waals surface area (Å²) < 4.78 is 14.0. The Bertz CT molecular complexity index is 1250. The molecule has 1 amide bonds. The van der Waals surface area contributed by atoms with E-state index in [9.17, 15) is 4.79 Å². The number of hydrogen-bond donors (Lipinski definition) is 2. The van der Waals surface area contributed by atoms with Gasteiger partial charge in [0.1, 0.15) is 30.1 Å². The van der Waals surface area contributed by atoms with Crippen molar-refractivity contribution >= 4 is 22.8 Å². The average molecular weight is 491 g/mol. The normalized spacial score (nSPS) is 26.3. The molecule has 36 heavy (non-hydrogen) atoms. The first kappa shape index (κ1) is 23.2. The number of anilines is 1. The van der Waals surface area contributed by atoms with Crippen molar-refractivity contribution in [1.82, 2.24) is 19.4 Å². The summed E-state index contributed by atoms with van der Waals surface area (Å²) in [7, 11) is 0. The van der Waals surface area contributed by atoms with E-state index in [0.29, 0.717) is 24.4 Å². The summed E-state index contributed by atoms with van der Waals surface area (Å²) in [5.41, 5.74) is 14.9. The summed E-state index contributed by atoms with van der Waals surface area (Å²) in [6, 6.07) is 8.35. The first-order valence-electron chi connectivity index (χ1n) is 13.1. The van der Waals surface area contributed by atoms with Crippen LogP contribution in [0.4, 0.5) is 5.82 Å². The summed E-state index contributed by atoms with van der Waals surface area (Å²) in [6.07, 6.45) is 10.0. The molecule has 1 unspecified atom stereocenters. The van der Waals surface area contributed by atoms with Crippen LogP contribution < -0.4 is 16.2 Å². The van der Waals surface area contributed by atoms with E-state index in [1.165, 1.54) is 6.33 Å². The van der Waals surface area contributed by atoms with Gasteiger partial charge in [-0.05, 0) is 68.7 Å². The van der Waals surface area contributed by atoms with Crippen LogP contribution in [0.25, 0.3) is 22.2 Å². The SMILES string of the molecule is NC(=O)[C@H]1CCCN1C[C@H]1C[C@H](n2cc(-c3cccc(OCC4CCCO4)c3)c3c(N)ncnc32)C1. The van der Waals surface area contributed by atoms with Gasteiger partial charge in [-0.15, -0.1) is 0 Å². The smallest absolute Gasteiger partial charge is 0.234 e. The lowest BCUT2D eigenvalue weighted by atomic mass is 9.79. The number of ether oxygens (including phenoxy) is 2. The third-order valence-corrected chi connectivity index (χ3v) is 8.03. The molecule has 6 rings (SSSR count). The molecule has 1 saturated carbocycles. The molecule has 2 atom stereocenters. The van der Waals surface area contributed by atoms with Gasteiger partial charge in [0.2, 0.25) is 5.91 Å². The monoisotopic (exact) mass is 490 g/mol. The lowest BCUT2D eigenvalue weighted by Gasteiger charge is -2.39. The molecule has 9 nitrogen and oxygen atoms in total. The first-order chi connectivity index (χ1) is 17.6. The van der Waals surface area contributed by atoms with Gasteiger partial charge in [0.25, 0.3) is 0 Å². The van der Waals surface area contributed by atoms with Gasteiger partial charge >= 0.3 is 0 Å². The molecule has 190 valence electrons. The van der Waals surface area contributed by atoms with E-state index < -0.39 is 0 Å². The quantitative estimate of drug-likeness (QED) is 0.497. The number of carbonyl (C=O) groups excluding carboxylic acids is 1. The average Bonchev–Trinajstić information content (AvgIpc) is 3.60. The zero-order chi connectivity index (χ0) is 24.6. The molecule has 3 fully saturated rings. The molecular weight excluding hydrogens is 456 g/mol. The van der Waals surface area contributed by atoms with Crippen molar-refractivity contribution in [2.45, 2.75) is 56.7 Å². The van der Waals surface area contributed by atoms with Crippen molar-refractivity contribution < 1.29 is 14.3 Å². The summed E-state index contributed by atoms with van der Waals surface area (Å²) in [5.74, 6) is 1.65. The number of likely N-dealkylation sites (tertiary alicyclic amines) is 1. The fourth-order valence-corrected chi connectivity index (χ4v) is 6.10. The second-order valence-corrected chi connectivity index (χ2v) is 10.4. The zero-order valence-corrected chi connectivity index (χ0v) is 20.5. The molecule has 4 N–H and O–H groups in total. The number of rotatable bonds is 8. The topological polar surface area (TPSA) is 122 Å². The number of primary amides is 1. The fraction of sp³-hybridized carbons (Fsp3) is 0.519. The molecule has 9 heteroatoms. The van der Waals surface area contributed by atoms with Crippen molar-refractivity contribution in [3.63, 3.8) is 0 Å². The Morgan fingerprint density at radius 3 is 2.89 bits per heavy atom. The molecule has 3 aliphatic rings. The molecule has 2 aromatic heterocycles. The molecule has 0 radical (unpaired) electrons. The second kappa shape index (κ2) is 9.71. The maximum Gasteiger partial charge on any atom is 0.234 e. The van der Waals surface area contributed by atoms with E-state index in [-0.39, 0.29) is 18.1 Å². The second-order valence-electron chi connectivity index (χ2n) is 10.4. The molecule has 3 aromatic rings. The van der Waals surface area contributed by atoms with Crippen molar-refractivity contribution in [1.29, 1.82) is 0 Å². The van der Waals surface area contributed by atoms with Gasteiger partial charge in [0.05, 0.1) is 17.5 Å². The van der Waals surface area contributed by atoms with Crippen LogP contribution in [0.2, 0.25) is 0 Å². The maximum absolute atomic E-state index is 11.8. The number of benzene rings is 1. The van der Waals surface area contributed by atoms with Gasteiger partial charge in [0.15, 0.2) is 0 Å². The summed E-state index contributed by atoms with van der Waals surface area (Å²) in [6.45, 7) is 3.27. The van der Waals surface area contributed by atoms with Crippen molar-refractivity contribution in [2.24, 2.45) is 11.7 Å². The van der Waals surface area contributed by atoms with Crippen LogP contribution in [0.5, 0.6) is 5.75 Å². The standard InChI is InChI=1S/C27H34N6O3/c28-25-24-22(18-4-1-5-20(12-18)36-15-21-6-3-9-35-21)14-33(27(24)31-16-30-25)19-10-17(11-19)13-32-8-2-7-23(32)26(29)34/h1,4-5,12,14,16-17,19,21,23H,2-3,6-11,13,15H2,(H2,29,34)(H2,28,30,31)/t17-,19-,21?,23-/m1/s1. The van der Waals surface area contributed by atoms with E-state index in [0.717, 1.165) is 86.1 Å². The summed E-state index contributed by atoms with van der Waals surface area (Å²) in [5, 5.41) is 0.880. The van der Waals surface area contributed by atoms with Crippen LogP contribution in [0, 0.1) is 5.92 Å². The first-order valence-corrected chi connectivity index (χ1v) is 13.1.